The summed E-state index contributed by atoms with van der Waals surface area (Å²) >= 11 is 0. The van der Waals surface area contributed by atoms with Crippen LogP contribution in [0.15, 0.2) is 34.4 Å². The van der Waals surface area contributed by atoms with Gasteiger partial charge in [-0.1, -0.05) is 12.2 Å². The quantitative estimate of drug-likeness (QED) is 0.748. The fraction of sp³-hybridized carbons (Fsp3) is 0.640. The molecule has 8 nitrogen and oxygen atoms in total. The lowest BCUT2D eigenvalue weighted by Crippen LogP contribution is -2.59. The lowest BCUT2D eigenvalue weighted by atomic mass is 9.51. The smallest absolute Gasteiger partial charge is 0.330 e. The highest BCUT2D eigenvalue weighted by Crippen LogP contribution is 2.59. The SMILES string of the molecule is CC1=CC2OCCC2C=C1Nc1ncc2c(n1)n(C13CC4CC(C1)C(O)C(C4)C3)c(=O)n2C. The lowest BCUT2D eigenvalue weighted by Gasteiger charge is -2.58. The van der Waals surface area contributed by atoms with Crippen LogP contribution in [0, 0.1) is 23.7 Å². The first-order valence-electron chi connectivity index (χ1n) is 12.3. The van der Waals surface area contributed by atoms with Crippen LogP contribution in [0.4, 0.5) is 5.95 Å². The Morgan fingerprint density at radius 1 is 1.21 bits per heavy atom. The number of nitrogens with one attached hydrogen (secondary N) is 1. The molecule has 4 unspecified atom stereocenters. The van der Waals surface area contributed by atoms with E-state index in [0.29, 0.717) is 35.3 Å². The monoisotopic (exact) mass is 449 g/mol. The van der Waals surface area contributed by atoms with Gasteiger partial charge in [-0.15, -0.1) is 0 Å². The summed E-state index contributed by atoms with van der Waals surface area (Å²) in [5, 5.41) is 14.2. The van der Waals surface area contributed by atoms with Crippen LogP contribution in [0.3, 0.4) is 0 Å². The molecule has 2 aromatic heterocycles. The number of imidazole rings is 1. The van der Waals surface area contributed by atoms with Crippen molar-refractivity contribution in [1.82, 2.24) is 19.1 Å². The maximum atomic E-state index is 13.5. The van der Waals surface area contributed by atoms with E-state index in [4.69, 9.17) is 9.72 Å². The van der Waals surface area contributed by atoms with Crippen LogP contribution in [0.25, 0.3) is 11.2 Å². The van der Waals surface area contributed by atoms with Gasteiger partial charge in [-0.05, 0) is 68.8 Å². The summed E-state index contributed by atoms with van der Waals surface area (Å²) in [5.41, 5.74) is 3.34. The molecule has 33 heavy (non-hydrogen) atoms. The predicted molar refractivity (Wildman–Crippen MR) is 124 cm³/mol. The van der Waals surface area contributed by atoms with Crippen molar-refractivity contribution in [3.63, 3.8) is 0 Å². The number of aromatic nitrogens is 4. The molecule has 0 radical (unpaired) electrons. The van der Waals surface area contributed by atoms with E-state index < -0.39 is 0 Å². The molecule has 5 fully saturated rings. The van der Waals surface area contributed by atoms with Crippen LogP contribution in [0.2, 0.25) is 0 Å². The summed E-state index contributed by atoms with van der Waals surface area (Å²) in [5.74, 6) is 2.07. The minimum Gasteiger partial charge on any atom is -0.393 e. The summed E-state index contributed by atoms with van der Waals surface area (Å²) in [4.78, 5) is 23.0. The molecule has 0 aromatic carbocycles. The van der Waals surface area contributed by atoms with Crippen molar-refractivity contribution in [2.75, 3.05) is 11.9 Å². The van der Waals surface area contributed by atoms with E-state index in [1.807, 2.05) is 11.6 Å². The fourth-order valence-corrected chi connectivity index (χ4v) is 7.75. The number of aliphatic hydroxyl groups is 1. The first-order valence-corrected chi connectivity index (χ1v) is 12.3. The first kappa shape index (κ1) is 20.0. The molecule has 8 rings (SSSR count). The number of nitrogens with zero attached hydrogens (tertiary/aromatic N) is 4. The van der Waals surface area contributed by atoms with E-state index in [1.54, 1.807) is 10.8 Å². The highest BCUT2D eigenvalue weighted by atomic mass is 16.5. The van der Waals surface area contributed by atoms with Gasteiger partial charge < -0.3 is 15.2 Å². The van der Waals surface area contributed by atoms with E-state index in [1.165, 1.54) is 0 Å². The number of aliphatic hydroxyl groups excluding tert-OH is 1. The van der Waals surface area contributed by atoms with Crippen molar-refractivity contribution >= 4 is 17.1 Å². The predicted octanol–water partition coefficient (Wildman–Crippen LogP) is 2.69. The molecule has 0 spiro atoms. The van der Waals surface area contributed by atoms with Gasteiger partial charge >= 0.3 is 5.69 Å². The van der Waals surface area contributed by atoms with Crippen LogP contribution in [0.5, 0.6) is 0 Å². The van der Waals surface area contributed by atoms with Crippen LogP contribution in [0.1, 0.15) is 45.4 Å². The average molecular weight is 450 g/mol. The molecular formula is C25H31N5O3. The number of fused-ring (bicyclic) bond motifs is 2. The molecule has 174 valence electrons. The summed E-state index contributed by atoms with van der Waals surface area (Å²) in [6, 6.07) is 0. The maximum absolute atomic E-state index is 13.5. The van der Waals surface area contributed by atoms with Gasteiger partial charge in [0.05, 0.1) is 23.9 Å². The Hall–Kier alpha value is -2.45. The summed E-state index contributed by atoms with van der Waals surface area (Å²) < 4.78 is 9.44. The van der Waals surface area contributed by atoms with Gasteiger partial charge in [0.1, 0.15) is 5.52 Å². The Balaban J connectivity index is 1.30. The zero-order valence-electron chi connectivity index (χ0n) is 19.2. The highest BCUT2D eigenvalue weighted by molar-refractivity contribution is 5.73. The van der Waals surface area contributed by atoms with E-state index in [0.717, 1.165) is 61.9 Å². The van der Waals surface area contributed by atoms with Crippen molar-refractivity contribution in [1.29, 1.82) is 0 Å². The van der Waals surface area contributed by atoms with Crippen LogP contribution < -0.4 is 11.0 Å². The number of hydrogen-bond donors (Lipinski definition) is 2. The number of rotatable bonds is 3. The summed E-state index contributed by atoms with van der Waals surface area (Å²) in [6.45, 7) is 2.87. The Labute approximate surface area is 192 Å². The van der Waals surface area contributed by atoms with Crippen molar-refractivity contribution in [2.45, 2.75) is 63.2 Å². The normalized spacial score (nSPS) is 39.0. The average Bonchev–Trinajstić information content (AvgIpc) is 3.33. The largest absolute Gasteiger partial charge is 0.393 e. The maximum Gasteiger partial charge on any atom is 0.330 e. The Morgan fingerprint density at radius 3 is 2.79 bits per heavy atom. The van der Waals surface area contributed by atoms with E-state index in [9.17, 15) is 9.90 Å². The molecule has 6 aliphatic rings. The fourth-order valence-electron chi connectivity index (χ4n) is 7.75. The van der Waals surface area contributed by atoms with Gasteiger partial charge in [-0.2, -0.15) is 4.98 Å². The van der Waals surface area contributed by atoms with E-state index >= 15 is 0 Å². The van der Waals surface area contributed by atoms with Gasteiger partial charge in [0.2, 0.25) is 5.95 Å². The molecule has 4 saturated carbocycles. The molecule has 2 N–H and O–H groups in total. The second-order valence-electron chi connectivity index (χ2n) is 11.1. The molecule has 4 bridgehead atoms. The second-order valence-corrected chi connectivity index (χ2v) is 11.1. The zero-order chi connectivity index (χ0) is 22.5. The van der Waals surface area contributed by atoms with Gasteiger partial charge in [0.15, 0.2) is 5.65 Å². The third-order valence-corrected chi connectivity index (χ3v) is 9.12. The highest BCUT2D eigenvalue weighted by Gasteiger charge is 2.57. The number of allylic oxidation sites excluding steroid dienone is 1. The molecule has 4 atom stereocenters. The number of hydrogen-bond acceptors (Lipinski definition) is 6. The standard InChI is InChI=1S/C25H31N5O3/c1-13-5-20-15(3-4-33-20)8-18(13)27-23-26-12-19-22(28-23)30(24(32)29(19)2)25-9-14-6-16(10-25)21(31)17(7-14)11-25/h5,8,12,14-17,20-21,31H,3-4,6-7,9-11H2,1-2H3,(H,26,27,28). The number of ether oxygens (including phenoxy) is 1. The minimum atomic E-state index is -0.244. The van der Waals surface area contributed by atoms with Gasteiger partial charge in [-0.25, -0.2) is 9.78 Å². The Morgan fingerprint density at radius 2 is 2.00 bits per heavy atom. The molecule has 3 heterocycles. The molecule has 2 aromatic rings. The first-order chi connectivity index (χ1) is 15.9. The molecule has 1 aliphatic heterocycles. The van der Waals surface area contributed by atoms with Gasteiger partial charge in [0, 0.05) is 25.3 Å². The number of anilines is 1. The molecule has 0 amide bonds. The Bertz CT molecular complexity index is 1260. The summed E-state index contributed by atoms with van der Waals surface area (Å²) in [6.07, 6.45) is 12.1. The topological polar surface area (TPSA) is 94.2 Å². The van der Waals surface area contributed by atoms with Crippen LogP contribution in [-0.4, -0.2) is 43.0 Å². The van der Waals surface area contributed by atoms with E-state index in [2.05, 4.69) is 29.4 Å². The molecule has 8 heteroatoms. The second kappa shape index (κ2) is 6.79. The van der Waals surface area contributed by atoms with Crippen molar-refractivity contribution < 1.29 is 9.84 Å². The lowest BCUT2D eigenvalue weighted by molar-refractivity contribution is -0.127. The summed E-state index contributed by atoms with van der Waals surface area (Å²) in [7, 11) is 1.81. The van der Waals surface area contributed by atoms with Crippen molar-refractivity contribution in [2.24, 2.45) is 30.7 Å². The van der Waals surface area contributed by atoms with E-state index in [-0.39, 0.29) is 23.4 Å². The Kier molecular flexibility index (Phi) is 4.11. The van der Waals surface area contributed by atoms with Crippen molar-refractivity contribution in [3.05, 3.63) is 40.1 Å². The zero-order valence-corrected chi connectivity index (χ0v) is 19.2. The molecule has 5 aliphatic carbocycles. The third-order valence-electron chi connectivity index (χ3n) is 9.12. The minimum absolute atomic E-state index is 0.0215. The molecule has 1 saturated heterocycles. The molecular weight excluding hydrogens is 418 g/mol. The van der Waals surface area contributed by atoms with Crippen LogP contribution >= 0.6 is 0 Å². The van der Waals surface area contributed by atoms with Gasteiger partial charge in [-0.3, -0.25) is 9.13 Å². The van der Waals surface area contributed by atoms with Crippen LogP contribution in [-0.2, 0) is 17.3 Å². The van der Waals surface area contributed by atoms with Gasteiger partial charge in [0.25, 0.3) is 0 Å². The van der Waals surface area contributed by atoms with Crippen molar-refractivity contribution in [3.8, 4) is 0 Å². The number of aryl methyl sites for hydroxylation is 1. The third kappa shape index (κ3) is 2.80.